The van der Waals surface area contributed by atoms with Gasteiger partial charge >= 0.3 is 0 Å². The molecule has 0 spiro atoms. The maximum Gasteiger partial charge on any atom is 0.224 e. The van der Waals surface area contributed by atoms with E-state index in [9.17, 15) is 9.18 Å². The molecule has 110 valence electrons. The van der Waals surface area contributed by atoms with Gasteiger partial charge in [-0.15, -0.1) is 0 Å². The van der Waals surface area contributed by atoms with E-state index in [1.807, 2.05) is 30.3 Å². The van der Waals surface area contributed by atoms with Crippen molar-refractivity contribution in [2.45, 2.75) is 13.0 Å². The van der Waals surface area contributed by atoms with Gasteiger partial charge in [0.2, 0.25) is 5.91 Å². The molecule has 0 aliphatic rings. The van der Waals surface area contributed by atoms with Gasteiger partial charge in [-0.2, -0.15) is 0 Å². The van der Waals surface area contributed by atoms with Crippen molar-refractivity contribution < 1.29 is 9.18 Å². The van der Waals surface area contributed by atoms with Crippen LogP contribution in [-0.4, -0.2) is 12.5 Å². The molecule has 0 aromatic heterocycles. The molecule has 0 saturated heterocycles. The summed E-state index contributed by atoms with van der Waals surface area (Å²) in [5.41, 5.74) is 7.51. The Hall–Kier alpha value is -2.20. The summed E-state index contributed by atoms with van der Waals surface area (Å²) in [5.74, 6) is -0.687. The Labute approximate surface area is 124 Å². The van der Waals surface area contributed by atoms with Crippen molar-refractivity contribution in [3.63, 3.8) is 0 Å². The molecule has 3 nitrogen and oxygen atoms in total. The fourth-order valence-electron chi connectivity index (χ4n) is 2.16. The molecule has 0 heterocycles. The van der Waals surface area contributed by atoms with Crippen molar-refractivity contribution in [1.29, 1.82) is 0 Å². The summed E-state index contributed by atoms with van der Waals surface area (Å²) in [5, 5.41) is 2.81. The first kappa shape index (κ1) is 15.2. The van der Waals surface area contributed by atoms with Gasteiger partial charge in [-0.25, -0.2) is 4.39 Å². The number of carbonyl (C=O) groups is 1. The fraction of sp³-hybridized carbons (Fsp3) is 0.235. The van der Waals surface area contributed by atoms with Gasteiger partial charge in [0.05, 0.1) is 5.92 Å². The minimum Gasteiger partial charge on any atom is -0.352 e. The smallest absolute Gasteiger partial charge is 0.224 e. The number of benzene rings is 2. The lowest BCUT2D eigenvalue weighted by atomic mass is 9.98. The van der Waals surface area contributed by atoms with Crippen LogP contribution in [0.25, 0.3) is 0 Å². The zero-order chi connectivity index (χ0) is 15.1. The van der Waals surface area contributed by atoms with Gasteiger partial charge < -0.3 is 11.1 Å². The summed E-state index contributed by atoms with van der Waals surface area (Å²) in [6, 6.07) is 16.0. The topological polar surface area (TPSA) is 55.1 Å². The van der Waals surface area contributed by atoms with E-state index in [2.05, 4.69) is 5.32 Å². The monoisotopic (exact) mass is 286 g/mol. The highest BCUT2D eigenvalue weighted by molar-refractivity contribution is 5.79. The Morgan fingerprint density at radius 3 is 2.48 bits per heavy atom. The third-order valence-electron chi connectivity index (χ3n) is 3.34. The molecule has 0 bridgehead atoms. The molecule has 0 radical (unpaired) electrons. The molecular weight excluding hydrogens is 267 g/mol. The molecular formula is C17H19FN2O. The number of nitrogens with two attached hydrogens (primary N) is 1. The number of hydrogen-bond acceptors (Lipinski definition) is 2. The van der Waals surface area contributed by atoms with E-state index in [0.29, 0.717) is 13.0 Å². The van der Waals surface area contributed by atoms with E-state index >= 15 is 0 Å². The second kappa shape index (κ2) is 7.55. The minimum atomic E-state index is -0.304. The van der Waals surface area contributed by atoms with E-state index in [1.165, 1.54) is 12.1 Å². The number of hydrogen-bond donors (Lipinski definition) is 2. The predicted octanol–water partition coefficient (Wildman–Crippen LogP) is 2.26. The molecule has 1 amide bonds. The van der Waals surface area contributed by atoms with Crippen LogP contribution in [-0.2, 0) is 17.8 Å². The normalized spacial score (nSPS) is 11.9. The van der Waals surface area contributed by atoms with Gasteiger partial charge in [0, 0.05) is 13.1 Å². The van der Waals surface area contributed by atoms with Gasteiger partial charge in [-0.3, -0.25) is 4.79 Å². The molecule has 3 N–H and O–H groups in total. The summed E-state index contributed by atoms with van der Waals surface area (Å²) in [4.78, 5) is 12.2. The van der Waals surface area contributed by atoms with E-state index in [4.69, 9.17) is 5.73 Å². The SMILES string of the molecule is NCC(Cc1ccccc1)C(=O)NCc1cccc(F)c1. The van der Waals surface area contributed by atoms with Crippen molar-refractivity contribution in [2.24, 2.45) is 11.7 Å². The van der Waals surface area contributed by atoms with Crippen molar-refractivity contribution >= 4 is 5.91 Å². The zero-order valence-corrected chi connectivity index (χ0v) is 11.8. The Morgan fingerprint density at radius 1 is 1.10 bits per heavy atom. The molecule has 2 aromatic rings. The molecule has 0 saturated carbocycles. The average Bonchev–Trinajstić information content (AvgIpc) is 2.51. The van der Waals surface area contributed by atoms with Gasteiger partial charge in [-0.05, 0) is 29.7 Å². The van der Waals surface area contributed by atoms with Crippen LogP contribution >= 0.6 is 0 Å². The van der Waals surface area contributed by atoms with Crippen LogP contribution in [0, 0.1) is 11.7 Å². The van der Waals surface area contributed by atoms with Crippen molar-refractivity contribution in [3.05, 3.63) is 71.5 Å². The van der Waals surface area contributed by atoms with Crippen LogP contribution < -0.4 is 11.1 Å². The second-order valence-corrected chi connectivity index (χ2v) is 4.97. The molecule has 1 unspecified atom stereocenters. The third-order valence-corrected chi connectivity index (χ3v) is 3.34. The first-order valence-electron chi connectivity index (χ1n) is 6.95. The maximum atomic E-state index is 13.1. The van der Waals surface area contributed by atoms with Crippen molar-refractivity contribution in [3.8, 4) is 0 Å². The Balaban J connectivity index is 1.91. The van der Waals surface area contributed by atoms with Crippen LogP contribution in [0.2, 0.25) is 0 Å². The lowest BCUT2D eigenvalue weighted by Gasteiger charge is -2.15. The molecule has 0 aliphatic heterocycles. The highest BCUT2D eigenvalue weighted by Gasteiger charge is 2.16. The van der Waals surface area contributed by atoms with Gasteiger partial charge in [0.1, 0.15) is 5.82 Å². The lowest BCUT2D eigenvalue weighted by molar-refractivity contribution is -0.124. The van der Waals surface area contributed by atoms with Gasteiger partial charge in [0.15, 0.2) is 0 Å². The Kier molecular flexibility index (Phi) is 5.46. The number of nitrogens with one attached hydrogen (secondary N) is 1. The molecule has 21 heavy (non-hydrogen) atoms. The van der Waals surface area contributed by atoms with Crippen LogP contribution in [0.3, 0.4) is 0 Å². The van der Waals surface area contributed by atoms with Gasteiger partial charge in [0.25, 0.3) is 0 Å². The van der Waals surface area contributed by atoms with E-state index < -0.39 is 0 Å². The minimum absolute atomic E-state index is 0.106. The van der Waals surface area contributed by atoms with E-state index in [-0.39, 0.29) is 24.2 Å². The van der Waals surface area contributed by atoms with Gasteiger partial charge in [-0.1, -0.05) is 42.5 Å². The summed E-state index contributed by atoms with van der Waals surface area (Å²) in [7, 11) is 0. The second-order valence-electron chi connectivity index (χ2n) is 4.97. The van der Waals surface area contributed by atoms with E-state index in [0.717, 1.165) is 11.1 Å². The quantitative estimate of drug-likeness (QED) is 0.856. The highest BCUT2D eigenvalue weighted by atomic mass is 19.1. The van der Waals surface area contributed by atoms with E-state index in [1.54, 1.807) is 12.1 Å². The summed E-state index contributed by atoms with van der Waals surface area (Å²) < 4.78 is 13.1. The third kappa shape index (κ3) is 4.68. The standard InChI is InChI=1S/C17H19FN2O/c18-16-8-4-7-14(10-16)12-20-17(21)15(11-19)9-13-5-2-1-3-6-13/h1-8,10,15H,9,11-12,19H2,(H,20,21). The molecule has 0 fully saturated rings. The summed E-state index contributed by atoms with van der Waals surface area (Å²) >= 11 is 0. The van der Waals surface area contributed by atoms with Crippen LogP contribution in [0.4, 0.5) is 4.39 Å². The average molecular weight is 286 g/mol. The lowest BCUT2D eigenvalue weighted by Crippen LogP contribution is -2.36. The molecule has 2 rings (SSSR count). The molecule has 2 aromatic carbocycles. The molecule has 4 heteroatoms. The first-order chi connectivity index (χ1) is 10.2. The number of amides is 1. The number of halogens is 1. The largest absolute Gasteiger partial charge is 0.352 e. The zero-order valence-electron chi connectivity index (χ0n) is 11.8. The number of carbonyl (C=O) groups excluding carboxylic acids is 1. The fourth-order valence-corrected chi connectivity index (χ4v) is 2.16. The van der Waals surface area contributed by atoms with Crippen LogP contribution in [0.5, 0.6) is 0 Å². The first-order valence-corrected chi connectivity index (χ1v) is 6.95. The van der Waals surface area contributed by atoms with Crippen LogP contribution in [0.15, 0.2) is 54.6 Å². The van der Waals surface area contributed by atoms with Crippen molar-refractivity contribution in [2.75, 3.05) is 6.54 Å². The van der Waals surface area contributed by atoms with Crippen LogP contribution in [0.1, 0.15) is 11.1 Å². The molecule has 1 atom stereocenters. The summed E-state index contributed by atoms with van der Waals surface area (Å²) in [6.45, 7) is 0.589. The predicted molar refractivity (Wildman–Crippen MR) is 80.9 cm³/mol. The summed E-state index contributed by atoms with van der Waals surface area (Å²) in [6.07, 6.45) is 0.603. The Bertz CT molecular complexity index is 586. The number of rotatable bonds is 6. The highest BCUT2D eigenvalue weighted by Crippen LogP contribution is 2.09. The Morgan fingerprint density at radius 2 is 1.81 bits per heavy atom. The maximum absolute atomic E-state index is 13.1. The molecule has 0 aliphatic carbocycles. The van der Waals surface area contributed by atoms with Crippen molar-refractivity contribution in [1.82, 2.24) is 5.32 Å².